The average Bonchev–Trinajstić information content (AvgIpc) is 2.73. The molecule has 0 saturated carbocycles. The van der Waals surface area contributed by atoms with E-state index in [0.29, 0.717) is 0 Å². The number of rotatable bonds is 3. The summed E-state index contributed by atoms with van der Waals surface area (Å²) in [6.07, 6.45) is 2.69. The smallest absolute Gasteiger partial charge is 0.194 e. The number of carbonyl (C=O) groups excluding carboxylic acids is 1. The molecular weight excluding hydrogens is 232 g/mol. The molecule has 3 nitrogen and oxygen atoms in total. The Hall–Kier alpha value is -1.16. The first-order chi connectivity index (χ1) is 7.96. The summed E-state index contributed by atoms with van der Waals surface area (Å²) in [4.78, 5) is 16.8. The van der Waals surface area contributed by atoms with Gasteiger partial charge in [-0.15, -0.1) is 11.3 Å². The second-order valence-electron chi connectivity index (χ2n) is 5.50. The van der Waals surface area contributed by atoms with Gasteiger partial charge in [0.25, 0.3) is 0 Å². The molecule has 2 heterocycles. The second kappa shape index (κ2) is 4.26. The van der Waals surface area contributed by atoms with Crippen LogP contribution in [0.5, 0.6) is 0 Å². The largest absolute Gasteiger partial charge is 0.296 e. The molecule has 0 saturated heterocycles. The van der Waals surface area contributed by atoms with Crippen molar-refractivity contribution in [2.75, 3.05) is 0 Å². The molecule has 0 aromatic carbocycles. The predicted octanol–water partition coefficient (Wildman–Crippen LogP) is 3.36. The zero-order chi connectivity index (χ0) is 12.6. The Morgan fingerprint density at radius 2 is 2.18 bits per heavy atom. The lowest BCUT2D eigenvalue weighted by Crippen LogP contribution is -2.11. The Labute approximate surface area is 105 Å². The van der Waals surface area contributed by atoms with Gasteiger partial charge in [0.1, 0.15) is 5.69 Å². The molecule has 0 atom stereocenters. The molecule has 0 aliphatic carbocycles. The number of aromatic nitrogens is 2. The average molecular weight is 250 g/mol. The van der Waals surface area contributed by atoms with Crippen molar-refractivity contribution in [3.05, 3.63) is 22.5 Å². The Balaban J connectivity index is 2.57. The molecule has 0 aliphatic heterocycles. The van der Waals surface area contributed by atoms with Crippen LogP contribution >= 0.6 is 11.3 Å². The SMILES string of the molecule is CCc1csc2nc(CC(C)(C)C)c(C=O)n12. The second-order valence-corrected chi connectivity index (χ2v) is 6.33. The molecule has 2 aromatic rings. The topological polar surface area (TPSA) is 34.4 Å². The van der Waals surface area contributed by atoms with Crippen molar-refractivity contribution in [2.24, 2.45) is 5.41 Å². The predicted molar refractivity (Wildman–Crippen MR) is 71.0 cm³/mol. The van der Waals surface area contributed by atoms with Crippen LogP contribution in [0.25, 0.3) is 4.96 Å². The highest BCUT2D eigenvalue weighted by Crippen LogP contribution is 2.26. The van der Waals surface area contributed by atoms with Gasteiger partial charge in [0.2, 0.25) is 0 Å². The molecule has 0 bridgehead atoms. The summed E-state index contributed by atoms with van der Waals surface area (Å²) in [5, 5.41) is 2.08. The third-order valence-corrected chi connectivity index (χ3v) is 3.59. The maximum absolute atomic E-state index is 11.3. The molecule has 0 unspecified atom stereocenters. The minimum Gasteiger partial charge on any atom is -0.296 e. The van der Waals surface area contributed by atoms with Crippen LogP contribution in [0.1, 0.15) is 49.6 Å². The zero-order valence-corrected chi connectivity index (χ0v) is 11.6. The molecular formula is C13H18N2OS. The fourth-order valence-corrected chi connectivity index (χ4v) is 2.98. The molecule has 92 valence electrons. The maximum atomic E-state index is 11.3. The van der Waals surface area contributed by atoms with Crippen molar-refractivity contribution in [3.8, 4) is 0 Å². The van der Waals surface area contributed by atoms with Crippen LogP contribution in [0.15, 0.2) is 5.38 Å². The van der Waals surface area contributed by atoms with Gasteiger partial charge < -0.3 is 0 Å². The number of carbonyl (C=O) groups is 1. The highest BCUT2D eigenvalue weighted by molar-refractivity contribution is 7.15. The van der Waals surface area contributed by atoms with Crippen molar-refractivity contribution in [1.29, 1.82) is 0 Å². The number of thiazole rings is 1. The van der Waals surface area contributed by atoms with Crippen molar-refractivity contribution in [3.63, 3.8) is 0 Å². The van der Waals surface area contributed by atoms with Gasteiger partial charge in [-0.2, -0.15) is 0 Å². The Kier molecular flexibility index (Phi) is 3.08. The normalized spacial score (nSPS) is 12.2. The lowest BCUT2D eigenvalue weighted by Gasteiger charge is -2.16. The van der Waals surface area contributed by atoms with Gasteiger partial charge in [0, 0.05) is 11.1 Å². The van der Waals surface area contributed by atoms with E-state index in [1.165, 1.54) is 5.69 Å². The maximum Gasteiger partial charge on any atom is 0.194 e. The van der Waals surface area contributed by atoms with E-state index >= 15 is 0 Å². The Morgan fingerprint density at radius 1 is 1.47 bits per heavy atom. The molecule has 0 amide bonds. The Bertz CT molecular complexity index is 545. The van der Waals surface area contributed by atoms with Crippen LogP contribution in [0.2, 0.25) is 0 Å². The fraction of sp³-hybridized carbons (Fsp3) is 0.538. The van der Waals surface area contributed by atoms with Crippen molar-refractivity contribution >= 4 is 22.6 Å². The van der Waals surface area contributed by atoms with Gasteiger partial charge in [-0.25, -0.2) is 4.98 Å². The fourth-order valence-electron chi connectivity index (χ4n) is 1.98. The first-order valence-electron chi connectivity index (χ1n) is 5.89. The van der Waals surface area contributed by atoms with Gasteiger partial charge in [-0.1, -0.05) is 27.7 Å². The van der Waals surface area contributed by atoms with E-state index in [2.05, 4.69) is 38.1 Å². The van der Waals surface area contributed by atoms with E-state index in [1.54, 1.807) is 11.3 Å². The third-order valence-electron chi connectivity index (χ3n) is 2.72. The van der Waals surface area contributed by atoms with Crippen LogP contribution in [-0.2, 0) is 12.8 Å². The van der Waals surface area contributed by atoms with E-state index < -0.39 is 0 Å². The monoisotopic (exact) mass is 250 g/mol. The van der Waals surface area contributed by atoms with E-state index in [9.17, 15) is 4.79 Å². The summed E-state index contributed by atoms with van der Waals surface area (Å²) in [7, 11) is 0. The van der Waals surface area contributed by atoms with Crippen molar-refractivity contribution in [2.45, 2.75) is 40.5 Å². The highest BCUT2D eigenvalue weighted by Gasteiger charge is 2.20. The van der Waals surface area contributed by atoms with Gasteiger partial charge in [0.05, 0.1) is 5.69 Å². The third kappa shape index (κ3) is 2.27. The van der Waals surface area contributed by atoms with Crippen LogP contribution in [0.3, 0.4) is 0 Å². The van der Waals surface area contributed by atoms with Crippen molar-refractivity contribution < 1.29 is 4.79 Å². The van der Waals surface area contributed by atoms with Crippen LogP contribution in [0, 0.1) is 5.41 Å². The van der Waals surface area contributed by atoms with Crippen LogP contribution < -0.4 is 0 Å². The minimum atomic E-state index is 0.147. The number of imidazole rings is 1. The summed E-state index contributed by atoms with van der Waals surface area (Å²) in [5.41, 5.74) is 2.97. The molecule has 0 aliphatic rings. The van der Waals surface area contributed by atoms with Crippen LogP contribution in [0.4, 0.5) is 0 Å². The van der Waals surface area contributed by atoms with Gasteiger partial charge in [-0.05, 0) is 18.3 Å². The molecule has 0 fully saturated rings. The quantitative estimate of drug-likeness (QED) is 0.783. The van der Waals surface area contributed by atoms with E-state index in [4.69, 9.17) is 0 Å². The summed E-state index contributed by atoms with van der Waals surface area (Å²) in [5.74, 6) is 0. The summed E-state index contributed by atoms with van der Waals surface area (Å²) in [6, 6.07) is 0. The first kappa shape index (κ1) is 12.3. The van der Waals surface area contributed by atoms with Gasteiger partial charge >= 0.3 is 0 Å². The number of nitrogens with zero attached hydrogens (tertiary/aromatic N) is 2. The number of aryl methyl sites for hydroxylation is 1. The molecule has 0 radical (unpaired) electrons. The van der Waals surface area contributed by atoms with E-state index in [-0.39, 0.29) is 5.41 Å². The highest BCUT2D eigenvalue weighted by atomic mass is 32.1. The number of aldehydes is 1. The Morgan fingerprint density at radius 3 is 2.71 bits per heavy atom. The molecule has 0 spiro atoms. The molecule has 4 heteroatoms. The number of hydrogen-bond donors (Lipinski definition) is 0. The summed E-state index contributed by atoms with van der Waals surface area (Å²) >= 11 is 1.61. The molecule has 0 N–H and O–H groups in total. The van der Waals surface area contributed by atoms with Gasteiger partial charge in [-0.3, -0.25) is 9.20 Å². The lowest BCUT2D eigenvalue weighted by molar-refractivity contribution is 0.111. The van der Waals surface area contributed by atoms with E-state index in [1.807, 2.05) is 4.40 Å². The van der Waals surface area contributed by atoms with Gasteiger partial charge in [0.15, 0.2) is 11.2 Å². The minimum absolute atomic E-state index is 0.147. The molecule has 17 heavy (non-hydrogen) atoms. The molecule has 2 rings (SSSR count). The summed E-state index contributed by atoms with van der Waals surface area (Å²) < 4.78 is 2.00. The standard InChI is InChI=1S/C13H18N2OS/c1-5-9-8-17-12-14-10(6-13(2,3)4)11(7-16)15(9)12/h7-8H,5-6H2,1-4H3. The lowest BCUT2D eigenvalue weighted by atomic mass is 9.90. The number of hydrogen-bond acceptors (Lipinski definition) is 3. The molecule has 2 aromatic heterocycles. The van der Waals surface area contributed by atoms with Crippen LogP contribution in [-0.4, -0.2) is 15.7 Å². The van der Waals surface area contributed by atoms with Crippen molar-refractivity contribution in [1.82, 2.24) is 9.38 Å². The first-order valence-corrected chi connectivity index (χ1v) is 6.77. The number of fused-ring (bicyclic) bond motifs is 1. The zero-order valence-electron chi connectivity index (χ0n) is 10.8. The van der Waals surface area contributed by atoms with E-state index in [0.717, 1.165) is 35.5 Å². The summed E-state index contributed by atoms with van der Waals surface area (Å²) in [6.45, 7) is 8.58.